The first-order valence-electron chi connectivity index (χ1n) is 10.2. The Morgan fingerprint density at radius 3 is 2.74 bits per heavy atom. The molecule has 0 fully saturated rings. The number of aryl methyl sites for hydroxylation is 2. The van der Waals surface area contributed by atoms with Crippen LogP contribution in [0.5, 0.6) is 5.75 Å². The minimum absolute atomic E-state index is 0.0608. The lowest BCUT2D eigenvalue weighted by Crippen LogP contribution is -2.00. The molecule has 1 N–H and O–H groups in total. The van der Waals surface area contributed by atoms with Gasteiger partial charge in [0, 0.05) is 23.9 Å². The van der Waals surface area contributed by atoms with Crippen LogP contribution in [0.25, 0.3) is 22.0 Å². The molecule has 0 saturated heterocycles. The molecule has 6 heteroatoms. The molecular formula is C25H23FN2O3. The molecule has 0 unspecified atom stereocenters. The molecule has 0 aliphatic carbocycles. The van der Waals surface area contributed by atoms with Crippen LogP contribution < -0.4 is 4.74 Å². The zero-order valence-electron chi connectivity index (χ0n) is 17.2. The maximum absolute atomic E-state index is 13.5. The molecule has 0 amide bonds. The Morgan fingerprint density at radius 1 is 1.10 bits per heavy atom. The number of carboxylic acids is 1. The number of hydrogen-bond donors (Lipinski definition) is 1. The molecular weight excluding hydrogens is 395 g/mol. The van der Waals surface area contributed by atoms with Crippen molar-refractivity contribution in [3.63, 3.8) is 0 Å². The quantitative estimate of drug-likeness (QED) is 0.413. The summed E-state index contributed by atoms with van der Waals surface area (Å²) < 4.78 is 21.5. The van der Waals surface area contributed by atoms with Crippen molar-refractivity contribution in [2.24, 2.45) is 0 Å². The molecule has 1 heterocycles. The highest BCUT2D eigenvalue weighted by Crippen LogP contribution is 2.34. The number of rotatable bonds is 8. The van der Waals surface area contributed by atoms with Gasteiger partial charge in [-0.05, 0) is 66.4 Å². The average Bonchev–Trinajstić information content (AvgIpc) is 3.19. The third-order valence-electron chi connectivity index (χ3n) is 5.21. The van der Waals surface area contributed by atoms with Gasteiger partial charge in [0.1, 0.15) is 18.2 Å². The number of ether oxygens (including phenoxy) is 1. The highest BCUT2D eigenvalue weighted by Gasteiger charge is 2.12. The Bertz CT molecular complexity index is 1230. The van der Waals surface area contributed by atoms with Crippen molar-refractivity contribution >= 4 is 16.9 Å². The van der Waals surface area contributed by atoms with E-state index in [0.29, 0.717) is 12.2 Å². The van der Waals surface area contributed by atoms with Gasteiger partial charge in [-0.3, -0.25) is 9.48 Å². The topological polar surface area (TPSA) is 64.4 Å². The lowest BCUT2D eigenvalue weighted by molar-refractivity contribution is -0.136. The third kappa shape index (κ3) is 4.74. The van der Waals surface area contributed by atoms with E-state index in [1.165, 1.54) is 12.1 Å². The van der Waals surface area contributed by atoms with Gasteiger partial charge in [-0.2, -0.15) is 5.10 Å². The summed E-state index contributed by atoms with van der Waals surface area (Å²) in [6.07, 6.45) is 2.33. The van der Waals surface area contributed by atoms with Crippen molar-refractivity contribution in [1.82, 2.24) is 9.78 Å². The number of nitrogens with zero attached hydrogens (tertiary/aromatic N) is 2. The highest BCUT2D eigenvalue weighted by molar-refractivity contribution is 5.86. The van der Waals surface area contributed by atoms with E-state index in [-0.39, 0.29) is 18.8 Å². The summed E-state index contributed by atoms with van der Waals surface area (Å²) in [5.41, 5.74) is 4.52. The van der Waals surface area contributed by atoms with Crippen LogP contribution in [0.4, 0.5) is 4.39 Å². The zero-order valence-corrected chi connectivity index (χ0v) is 17.2. The third-order valence-corrected chi connectivity index (χ3v) is 5.21. The molecule has 0 radical (unpaired) electrons. The number of aliphatic carboxylic acids is 1. The van der Waals surface area contributed by atoms with Gasteiger partial charge in [0.2, 0.25) is 0 Å². The minimum atomic E-state index is -0.832. The first-order valence-corrected chi connectivity index (χ1v) is 10.2. The molecule has 4 rings (SSSR count). The van der Waals surface area contributed by atoms with Crippen LogP contribution in [0.2, 0.25) is 0 Å². The lowest BCUT2D eigenvalue weighted by atomic mass is 9.98. The zero-order chi connectivity index (χ0) is 21.8. The SMILES string of the molecule is CCn1ncc2cc(-c3cc(CCC(=O)O)ccc3OCc3cccc(F)c3)ccc21. The van der Waals surface area contributed by atoms with E-state index in [0.717, 1.165) is 39.7 Å². The maximum atomic E-state index is 13.5. The summed E-state index contributed by atoms with van der Waals surface area (Å²) in [7, 11) is 0. The van der Waals surface area contributed by atoms with Gasteiger partial charge in [0.25, 0.3) is 0 Å². The number of fused-ring (bicyclic) bond motifs is 1. The molecule has 0 atom stereocenters. The van der Waals surface area contributed by atoms with E-state index in [1.54, 1.807) is 6.07 Å². The minimum Gasteiger partial charge on any atom is -0.488 e. The van der Waals surface area contributed by atoms with Crippen LogP contribution >= 0.6 is 0 Å². The molecule has 0 aliphatic rings. The number of aromatic nitrogens is 2. The van der Waals surface area contributed by atoms with E-state index >= 15 is 0 Å². The van der Waals surface area contributed by atoms with E-state index in [1.807, 2.05) is 54.2 Å². The first-order chi connectivity index (χ1) is 15.0. The normalized spacial score (nSPS) is 11.0. The number of carbonyl (C=O) groups is 1. The second kappa shape index (κ2) is 9.00. The molecule has 0 saturated carbocycles. The fourth-order valence-electron chi connectivity index (χ4n) is 3.63. The van der Waals surface area contributed by atoms with E-state index in [9.17, 15) is 9.18 Å². The van der Waals surface area contributed by atoms with Gasteiger partial charge in [-0.25, -0.2) is 4.39 Å². The first kappa shape index (κ1) is 20.6. The summed E-state index contributed by atoms with van der Waals surface area (Å²) >= 11 is 0. The van der Waals surface area contributed by atoms with Gasteiger partial charge >= 0.3 is 5.97 Å². The molecule has 31 heavy (non-hydrogen) atoms. The average molecular weight is 418 g/mol. The van der Waals surface area contributed by atoms with Gasteiger partial charge in [0.15, 0.2) is 0 Å². The molecule has 1 aromatic heterocycles. The Kier molecular flexibility index (Phi) is 5.98. The number of halogens is 1. The summed E-state index contributed by atoms with van der Waals surface area (Å²) in [5, 5.41) is 14.5. The standard InChI is InChI=1S/C25H23FN2O3/c1-2-28-23-9-8-19(14-20(23)15-27-28)22-13-17(7-11-25(29)30)6-10-24(22)31-16-18-4-3-5-21(26)12-18/h3-6,8-10,12-15H,2,7,11,16H2,1H3,(H,29,30). The molecule has 5 nitrogen and oxygen atoms in total. The number of carboxylic acid groups (broad SMARTS) is 1. The summed E-state index contributed by atoms with van der Waals surface area (Å²) in [4.78, 5) is 11.0. The Balaban J connectivity index is 1.69. The molecule has 0 bridgehead atoms. The van der Waals surface area contributed by atoms with E-state index < -0.39 is 5.97 Å². The monoisotopic (exact) mass is 418 g/mol. The van der Waals surface area contributed by atoms with Crippen molar-refractivity contribution in [3.8, 4) is 16.9 Å². The van der Waals surface area contributed by atoms with Gasteiger partial charge in [0.05, 0.1) is 11.7 Å². The van der Waals surface area contributed by atoms with Crippen LogP contribution in [0.3, 0.4) is 0 Å². The molecule has 0 aliphatic heterocycles. The second-order valence-corrected chi connectivity index (χ2v) is 7.38. The predicted molar refractivity (Wildman–Crippen MR) is 118 cm³/mol. The second-order valence-electron chi connectivity index (χ2n) is 7.38. The van der Waals surface area contributed by atoms with Crippen LogP contribution in [-0.4, -0.2) is 20.9 Å². The predicted octanol–water partition coefficient (Wildman–Crippen LogP) is 5.46. The van der Waals surface area contributed by atoms with Crippen LogP contribution in [0.1, 0.15) is 24.5 Å². The largest absolute Gasteiger partial charge is 0.488 e. The smallest absolute Gasteiger partial charge is 0.303 e. The fraction of sp³-hybridized carbons (Fsp3) is 0.200. The van der Waals surface area contributed by atoms with E-state index in [4.69, 9.17) is 9.84 Å². The fourth-order valence-corrected chi connectivity index (χ4v) is 3.63. The maximum Gasteiger partial charge on any atom is 0.303 e. The summed E-state index contributed by atoms with van der Waals surface area (Å²) in [6.45, 7) is 3.06. The van der Waals surface area contributed by atoms with E-state index in [2.05, 4.69) is 11.2 Å². The highest BCUT2D eigenvalue weighted by atomic mass is 19.1. The van der Waals surface area contributed by atoms with Gasteiger partial charge in [-0.15, -0.1) is 0 Å². The summed E-state index contributed by atoms with van der Waals surface area (Å²) in [5.74, 6) is -0.476. The van der Waals surface area contributed by atoms with Crippen molar-refractivity contribution < 1.29 is 19.0 Å². The number of benzene rings is 3. The van der Waals surface area contributed by atoms with Gasteiger partial charge in [-0.1, -0.05) is 24.3 Å². The molecule has 3 aromatic carbocycles. The lowest BCUT2D eigenvalue weighted by Gasteiger charge is -2.14. The Morgan fingerprint density at radius 2 is 1.97 bits per heavy atom. The van der Waals surface area contributed by atoms with Crippen LogP contribution in [0, 0.1) is 5.82 Å². The van der Waals surface area contributed by atoms with Crippen molar-refractivity contribution in [1.29, 1.82) is 0 Å². The molecule has 158 valence electrons. The van der Waals surface area contributed by atoms with Crippen LogP contribution in [-0.2, 0) is 24.4 Å². The summed E-state index contributed by atoms with van der Waals surface area (Å²) in [6, 6.07) is 18.1. The van der Waals surface area contributed by atoms with Crippen molar-refractivity contribution in [2.75, 3.05) is 0 Å². The Labute approximate surface area is 179 Å². The Hall–Kier alpha value is -3.67. The van der Waals surface area contributed by atoms with Crippen molar-refractivity contribution in [3.05, 3.63) is 83.8 Å². The van der Waals surface area contributed by atoms with Crippen molar-refractivity contribution in [2.45, 2.75) is 32.9 Å². The van der Waals surface area contributed by atoms with Gasteiger partial charge < -0.3 is 9.84 Å². The molecule has 0 spiro atoms. The number of hydrogen-bond acceptors (Lipinski definition) is 3. The molecule has 4 aromatic rings. The van der Waals surface area contributed by atoms with Crippen LogP contribution in [0.15, 0.2) is 66.9 Å².